The van der Waals surface area contributed by atoms with Gasteiger partial charge in [-0.1, -0.05) is 6.07 Å². The summed E-state index contributed by atoms with van der Waals surface area (Å²) >= 11 is 1.45. The monoisotopic (exact) mass is 449 g/mol. The number of nitrogens with zero attached hydrogens (tertiary/aromatic N) is 2. The highest BCUT2D eigenvalue weighted by molar-refractivity contribution is 7.15. The van der Waals surface area contributed by atoms with Gasteiger partial charge in [0.15, 0.2) is 10.9 Å². The van der Waals surface area contributed by atoms with Crippen molar-refractivity contribution in [3.63, 3.8) is 0 Å². The number of ether oxygens (including phenoxy) is 1. The van der Waals surface area contributed by atoms with Crippen molar-refractivity contribution in [2.75, 3.05) is 23.4 Å². The van der Waals surface area contributed by atoms with Gasteiger partial charge in [-0.3, -0.25) is 4.79 Å². The Hall–Kier alpha value is -3.11. The molecular formula is C21H18F3N3O3S. The highest BCUT2D eigenvalue weighted by Gasteiger charge is 2.33. The van der Waals surface area contributed by atoms with Gasteiger partial charge in [0.05, 0.1) is 29.5 Å². The van der Waals surface area contributed by atoms with Crippen LogP contribution in [0.2, 0.25) is 0 Å². The molecule has 2 N–H and O–H groups in total. The molecule has 0 saturated carbocycles. The van der Waals surface area contributed by atoms with Crippen molar-refractivity contribution in [2.45, 2.75) is 19.1 Å². The third kappa shape index (κ3) is 4.21. The Labute approximate surface area is 179 Å². The zero-order chi connectivity index (χ0) is 22.2. The van der Waals surface area contributed by atoms with Crippen molar-refractivity contribution < 1.29 is 27.8 Å². The predicted octanol–water partition coefficient (Wildman–Crippen LogP) is 4.61. The van der Waals surface area contributed by atoms with Gasteiger partial charge in [-0.2, -0.15) is 13.2 Å². The van der Waals surface area contributed by atoms with Crippen LogP contribution in [0.3, 0.4) is 0 Å². The second kappa shape index (κ2) is 8.20. The Bertz CT molecular complexity index is 1100. The topological polar surface area (TPSA) is 74.7 Å². The summed E-state index contributed by atoms with van der Waals surface area (Å²) in [5.41, 5.74) is 0.245. The van der Waals surface area contributed by atoms with Gasteiger partial charge < -0.3 is 20.1 Å². The average molecular weight is 449 g/mol. The van der Waals surface area contributed by atoms with Crippen LogP contribution in [0, 0.1) is 6.92 Å². The van der Waals surface area contributed by atoms with E-state index in [-0.39, 0.29) is 30.5 Å². The van der Waals surface area contributed by atoms with Crippen molar-refractivity contribution in [3.05, 3.63) is 64.7 Å². The van der Waals surface area contributed by atoms with E-state index in [4.69, 9.17) is 4.74 Å². The standard InChI is InChI=1S/C21H18F3N3O3S/c1-12-9-25-20(31-12)27-15(10-28)11-30-18-16(3-2-4-17(18)27)19(29)26-14-7-5-13(6-8-14)21(22,23)24/h2-9,15,28H,10-11H2,1H3,(H,26,29)/t15-/m0/s1. The molecule has 1 aromatic heterocycles. The Kier molecular flexibility index (Phi) is 5.59. The van der Waals surface area contributed by atoms with Crippen LogP contribution >= 0.6 is 11.3 Å². The number of para-hydroxylation sites is 1. The summed E-state index contributed by atoms with van der Waals surface area (Å²) in [4.78, 5) is 20.1. The molecule has 31 heavy (non-hydrogen) atoms. The lowest BCUT2D eigenvalue weighted by Gasteiger charge is -2.36. The molecule has 0 radical (unpaired) electrons. The molecular weight excluding hydrogens is 431 g/mol. The number of carbonyl (C=O) groups is 1. The minimum Gasteiger partial charge on any atom is -0.488 e. The summed E-state index contributed by atoms with van der Waals surface area (Å²) in [6, 6.07) is 8.86. The number of nitrogens with one attached hydrogen (secondary N) is 1. The molecule has 1 amide bonds. The third-order valence-electron chi connectivity index (χ3n) is 4.78. The largest absolute Gasteiger partial charge is 0.488 e. The van der Waals surface area contributed by atoms with Crippen molar-refractivity contribution in [2.24, 2.45) is 0 Å². The van der Waals surface area contributed by atoms with Gasteiger partial charge in [-0.25, -0.2) is 4.98 Å². The molecule has 2 heterocycles. The first kappa shape index (κ1) is 21.1. The van der Waals surface area contributed by atoms with Crippen molar-refractivity contribution in [1.29, 1.82) is 0 Å². The number of fused-ring (bicyclic) bond motifs is 1. The number of aromatic nitrogens is 1. The Balaban J connectivity index is 1.64. The molecule has 1 aliphatic heterocycles. The van der Waals surface area contributed by atoms with Crippen molar-refractivity contribution in [1.82, 2.24) is 4.98 Å². The SMILES string of the molecule is Cc1cnc(N2c3cccc(C(=O)Nc4ccc(C(F)(F)F)cc4)c3OC[C@@H]2CO)s1. The fourth-order valence-electron chi connectivity index (χ4n) is 3.28. The lowest BCUT2D eigenvalue weighted by Crippen LogP contribution is -2.42. The summed E-state index contributed by atoms with van der Waals surface area (Å²) in [5, 5.41) is 13.1. The van der Waals surface area contributed by atoms with Gasteiger partial charge in [-0.15, -0.1) is 11.3 Å². The first-order valence-electron chi connectivity index (χ1n) is 9.35. The highest BCUT2D eigenvalue weighted by atomic mass is 32.1. The van der Waals surface area contributed by atoms with Crippen LogP contribution in [-0.2, 0) is 6.18 Å². The molecule has 0 fully saturated rings. The van der Waals surface area contributed by atoms with Crippen LogP contribution in [0.25, 0.3) is 0 Å². The van der Waals surface area contributed by atoms with E-state index in [0.717, 1.165) is 17.0 Å². The number of benzene rings is 2. The van der Waals surface area contributed by atoms with Gasteiger partial charge >= 0.3 is 6.18 Å². The van der Waals surface area contributed by atoms with Crippen LogP contribution in [0.5, 0.6) is 5.75 Å². The zero-order valence-electron chi connectivity index (χ0n) is 16.3. The summed E-state index contributed by atoms with van der Waals surface area (Å²) < 4.78 is 44.0. The normalized spacial score (nSPS) is 15.9. The molecule has 162 valence electrons. The maximum absolute atomic E-state index is 12.9. The van der Waals surface area contributed by atoms with Gasteiger partial charge in [0.25, 0.3) is 5.91 Å². The second-order valence-electron chi connectivity index (χ2n) is 6.95. The number of hydrogen-bond acceptors (Lipinski definition) is 6. The van der Waals surface area contributed by atoms with Gasteiger partial charge in [-0.05, 0) is 43.3 Å². The summed E-state index contributed by atoms with van der Waals surface area (Å²) in [6.07, 6.45) is -2.72. The first-order chi connectivity index (χ1) is 14.8. The van der Waals surface area contributed by atoms with E-state index in [1.807, 2.05) is 11.8 Å². The van der Waals surface area contributed by atoms with Crippen LogP contribution in [0.1, 0.15) is 20.8 Å². The molecule has 0 saturated heterocycles. The van der Waals surface area contributed by atoms with Crippen molar-refractivity contribution >= 4 is 33.8 Å². The van der Waals surface area contributed by atoms with Gasteiger partial charge in [0.2, 0.25) is 0 Å². The minimum atomic E-state index is -4.45. The predicted molar refractivity (Wildman–Crippen MR) is 111 cm³/mol. The number of amides is 1. The summed E-state index contributed by atoms with van der Waals surface area (Å²) in [5.74, 6) is -0.196. The number of aliphatic hydroxyl groups excluding tert-OH is 1. The molecule has 1 atom stereocenters. The van der Waals surface area contributed by atoms with E-state index in [0.29, 0.717) is 16.6 Å². The number of anilines is 3. The Morgan fingerprint density at radius 2 is 2.03 bits per heavy atom. The number of alkyl halides is 3. The van der Waals surface area contributed by atoms with Crippen LogP contribution in [0.15, 0.2) is 48.7 Å². The average Bonchev–Trinajstić information content (AvgIpc) is 3.17. The Morgan fingerprint density at radius 1 is 1.29 bits per heavy atom. The van der Waals surface area contributed by atoms with Crippen molar-refractivity contribution in [3.8, 4) is 5.75 Å². The molecule has 2 aromatic carbocycles. The fraction of sp³-hybridized carbons (Fsp3) is 0.238. The summed E-state index contributed by atoms with van der Waals surface area (Å²) in [6.45, 7) is 1.90. The number of carbonyl (C=O) groups excluding carboxylic acids is 1. The van der Waals surface area contributed by atoms with E-state index < -0.39 is 17.6 Å². The lowest BCUT2D eigenvalue weighted by molar-refractivity contribution is -0.137. The maximum Gasteiger partial charge on any atom is 0.416 e. The summed E-state index contributed by atoms with van der Waals surface area (Å²) in [7, 11) is 0. The van der Waals surface area contributed by atoms with E-state index in [9.17, 15) is 23.1 Å². The lowest BCUT2D eigenvalue weighted by atomic mass is 10.1. The van der Waals surface area contributed by atoms with E-state index in [1.54, 1.807) is 24.4 Å². The highest BCUT2D eigenvalue weighted by Crippen LogP contribution is 2.42. The molecule has 10 heteroatoms. The number of rotatable bonds is 4. The number of aryl methyl sites for hydroxylation is 1. The van der Waals surface area contributed by atoms with E-state index in [2.05, 4.69) is 10.3 Å². The molecule has 6 nitrogen and oxygen atoms in total. The number of aliphatic hydroxyl groups is 1. The van der Waals surface area contributed by atoms with E-state index in [1.165, 1.54) is 23.5 Å². The number of halogens is 3. The number of hydrogen-bond donors (Lipinski definition) is 2. The van der Waals surface area contributed by atoms with Gasteiger partial charge in [0.1, 0.15) is 6.61 Å². The zero-order valence-corrected chi connectivity index (χ0v) is 17.1. The first-order valence-corrected chi connectivity index (χ1v) is 10.2. The second-order valence-corrected chi connectivity index (χ2v) is 8.17. The van der Waals surface area contributed by atoms with E-state index >= 15 is 0 Å². The van der Waals surface area contributed by atoms with Crippen LogP contribution < -0.4 is 15.0 Å². The fourth-order valence-corrected chi connectivity index (χ4v) is 4.13. The smallest absolute Gasteiger partial charge is 0.416 e. The van der Waals surface area contributed by atoms with Crippen LogP contribution in [0.4, 0.5) is 29.7 Å². The van der Waals surface area contributed by atoms with Gasteiger partial charge in [0, 0.05) is 16.8 Å². The molecule has 1 aliphatic rings. The Morgan fingerprint density at radius 3 is 2.65 bits per heavy atom. The minimum absolute atomic E-state index is 0.146. The maximum atomic E-state index is 12.9. The van der Waals surface area contributed by atoms with Crippen LogP contribution in [-0.4, -0.2) is 35.3 Å². The molecule has 4 rings (SSSR count). The molecule has 0 aliphatic carbocycles. The molecule has 0 spiro atoms. The molecule has 0 bridgehead atoms. The number of thiazole rings is 1. The quantitative estimate of drug-likeness (QED) is 0.608. The molecule has 3 aromatic rings. The third-order valence-corrected chi connectivity index (χ3v) is 5.69. The molecule has 0 unspecified atom stereocenters.